The van der Waals surface area contributed by atoms with Crippen molar-refractivity contribution in [2.45, 2.75) is 74.8 Å². The molecule has 69 heavy (non-hydrogen) atoms. The van der Waals surface area contributed by atoms with E-state index in [-0.39, 0.29) is 80.3 Å². The lowest BCUT2D eigenvalue weighted by atomic mass is 10.1. The molecule has 2 saturated carbocycles. The minimum Gasteiger partial charge on any atom is -0.478 e. The Bertz CT molecular complexity index is 3060. The minimum absolute atomic E-state index is 0.00849. The quantitative estimate of drug-likeness (QED) is 0.0802. The van der Waals surface area contributed by atoms with Crippen molar-refractivity contribution in [3.63, 3.8) is 0 Å². The number of alkyl halides is 6. The van der Waals surface area contributed by atoms with Crippen LogP contribution in [0.2, 0.25) is 10.3 Å². The van der Waals surface area contributed by atoms with Gasteiger partial charge in [0.25, 0.3) is 15.9 Å². The molecule has 0 atom stereocenters. The number of ether oxygens (including phenoxy) is 2. The van der Waals surface area contributed by atoms with E-state index in [1.54, 1.807) is 6.92 Å². The van der Waals surface area contributed by atoms with E-state index in [1.165, 1.54) is 86.1 Å². The third kappa shape index (κ3) is 12.5. The standard InChI is InChI=1S/C19H18ClF3N6O4S.C14H11ClF3N3O3.C5H9N3O2S/c1-2-28-10-12(9-24-28)34(31,32)27-17(30)13-3-4-14(25-16(13)20)29-8-5-15(26-29)33-11-18(6-7-18)19(21,22)23;15-11-8(12(22)23)1-2-9(19-11)21-6-3-10(20-21)24-7-13(4-5-13)14(16,17)18;1-2-8-4-5(3-7-8)11(6,9)10/h3-5,8-10H,2,6-7,11H2,1H3,(H,27,30);1-3,6H,4-5,7H2,(H,22,23);3-4H,2H2,1H3,(H2,6,9,10). The molecule has 0 radical (unpaired) electrons. The molecule has 1 amide bonds. The molecule has 31 heteroatoms. The Kier molecular flexibility index (Phi) is 15.1. The number of carbonyl (C=O) groups is 2. The number of carboxylic acid groups (broad SMARTS) is 1. The van der Waals surface area contributed by atoms with E-state index in [9.17, 15) is 52.8 Å². The lowest BCUT2D eigenvalue weighted by Gasteiger charge is -2.18. The number of nitrogens with zero attached hydrogens (tertiary/aromatic N) is 10. The fourth-order valence-electron chi connectivity index (χ4n) is 5.76. The Labute approximate surface area is 397 Å². The molecule has 4 N–H and O–H groups in total. The van der Waals surface area contributed by atoms with E-state index in [0.717, 1.165) is 6.20 Å². The van der Waals surface area contributed by atoms with Crippen molar-refractivity contribution in [1.82, 2.24) is 53.8 Å². The van der Waals surface area contributed by atoms with Gasteiger partial charge in [0.1, 0.15) is 44.1 Å². The number of aromatic nitrogens is 10. The minimum atomic E-state index is -4.34. The maximum Gasteiger partial charge on any atom is 0.397 e. The molecular weight excluding hydrogens is 1020 g/mol. The molecule has 2 fully saturated rings. The SMILES string of the molecule is CCn1cc(S(=O)(=O)NC(=O)c2ccc(-n3ccc(OCC4(C(F)(F)F)CC4)n3)nc2Cl)cn1.CCn1cc(S(N)(=O)=O)cn1.O=C(O)c1ccc(-n2ccc(OCC3(C(F)(F)F)CC3)n2)nc1Cl. The van der Waals surface area contributed by atoms with Crippen molar-refractivity contribution in [3.8, 4) is 23.4 Å². The first-order valence-electron chi connectivity index (χ1n) is 19.9. The van der Waals surface area contributed by atoms with Gasteiger partial charge in [0.05, 0.1) is 23.5 Å². The second-order valence-corrected chi connectivity index (χ2v) is 19.2. The van der Waals surface area contributed by atoms with Crippen LogP contribution in [-0.4, -0.2) is 108 Å². The first-order chi connectivity index (χ1) is 32.2. The van der Waals surface area contributed by atoms with Crippen LogP contribution in [0.3, 0.4) is 0 Å². The van der Waals surface area contributed by atoms with Crippen molar-refractivity contribution in [2.75, 3.05) is 13.2 Å². The number of carboxylic acids is 1. The summed E-state index contributed by atoms with van der Waals surface area (Å²) in [7, 11) is -7.76. The van der Waals surface area contributed by atoms with Crippen LogP contribution in [-0.2, 0) is 33.1 Å². The normalized spacial score (nSPS) is 14.9. The Morgan fingerprint density at radius 3 is 1.49 bits per heavy atom. The maximum atomic E-state index is 13.0. The molecule has 0 saturated heterocycles. The van der Waals surface area contributed by atoms with Gasteiger partial charge in [-0.1, -0.05) is 23.2 Å². The highest BCUT2D eigenvalue weighted by molar-refractivity contribution is 7.90. The molecule has 8 rings (SSSR count). The van der Waals surface area contributed by atoms with Gasteiger partial charge in [-0.2, -0.15) is 36.5 Å². The average molecular weight is 1060 g/mol. The van der Waals surface area contributed by atoms with Gasteiger partial charge in [-0.3, -0.25) is 14.2 Å². The molecule has 0 aliphatic heterocycles. The number of primary sulfonamides is 1. The predicted molar refractivity (Wildman–Crippen MR) is 228 cm³/mol. The van der Waals surface area contributed by atoms with Crippen molar-refractivity contribution in [1.29, 1.82) is 0 Å². The van der Waals surface area contributed by atoms with Crippen LogP contribution in [0, 0.1) is 10.8 Å². The summed E-state index contributed by atoms with van der Waals surface area (Å²) >= 11 is 11.9. The van der Waals surface area contributed by atoms with Crippen LogP contribution in [0.25, 0.3) is 11.6 Å². The number of carbonyl (C=O) groups excluding carboxylic acids is 1. The number of rotatable bonds is 15. The second-order valence-electron chi connectivity index (χ2n) is 15.2. The van der Waals surface area contributed by atoms with E-state index in [2.05, 4.69) is 30.4 Å². The Hall–Kier alpha value is -6.30. The van der Waals surface area contributed by atoms with Gasteiger partial charge in [-0.25, -0.2) is 50.8 Å². The van der Waals surface area contributed by atoms with Crippen LogP contribution in [0.4, 0.5) is 26.3 Å². The summed E-state index contributed by atoms with van der Waals surface area (Å²) in [5.41, 5.74) is -3.98. The van der Waals surface area contributed by atoms with Gasteiger partial charge < -0.3 is 14.6 Å². The number of nitrogens with one attached hydrogen (secondary N) is 1. The number of amides is 1. The second kappa shape index (κ2) is 20.0. The van der Waals surface area contributed by atoms with Gasteiger partial charge in [-0.05, 0) is 63.8 Å². The first-order valence-corrected chi connectivity index (χ1v) is 23.7. The highest BCUT2D eigenvalue weighted by Crippen LogP contribution is 2.58. The third-order valence-corrected chi connectivity index (χ3v) is 13.1. The van der Waals surface area contributed by atoms with Crippen molar-refractivity contribution >= 4 is 55.1 Å². The molecule has 0 bridgehead atoms. The number of aryl methyl sites for hydroxylation is 2. The van der Waals surface area contributed by atoms with E-state index in [0.29, 0.717) is 13.1 Å². The Morgan fingerprint density at radius 1 is 0.725 bits per heavy atom. The monoisotopic (exact) mass is 1050 g/mol. The summed E-state index contributed by atoms with van der Waals surface area (Å²) < 4.78 is 141. The summed E-state index contributed by atoms with van der Waals surface area (Å²) in [5, 5.41) is 28.8. The molecule has 0 unspecified atom stereocenters. The van der Waals surface area contributed by atoms with Crippen LogP contribution in [0.1, 0.15) is 60.2 Å². The summed E-state index contributed by atoms with van der Waals surface area (Å²) in [5.74, 6) is -1.87. The van der Waals surface area contributed by atoms with Crippen LogP contribution < -0.4 is 19.3 Å². The molecule has 372 valence electrons. The zero-order valence-electron chi connectivity index (χ0n) is 35.7. The number of aromatic carboxylic acids is 1. The van der Waals surface area contributed by atoms with Gasteiger partial charge in [-0.15, -0.1) is 10.2 Å². The number of sulfonamides is 2. The zero-order valence-corrected chi connectivity index (χ0v) is 38.8. The molecule has 2 aliphatic carbocycles. The van der Waals surface area contributed by atoms with Gasteiger partial charge >= 0.3 is 18.3 Å². The van der Waals surface area contributed by atoms with E-state index in [1.807, 2.05) is 11.6 Å². The first kappa shape index (κ1) is 52.1. The van der Waals surface area contributed by atoms with Crippen LogP contribution in [0.5, 0.6) is 11.8 Å². The smallest absolute Gasteiger partial charge is 0.397 e. The molecule has 6 heterocycles. The van der Waals surface area contributed by atoms with Crippen LogP contribution >= 0.6 is 23.2 Å². The van der Waals surface area contributed by atoms with Gasteiger partial charge in [0, 0.05) is 50.0 Å². The molecule has 6 aromatic heterocycles. The highest BCUT2D eigenvalue weighted by atomic mass is 35.5. The molecular formula is C38H38Cl2F6N12O9S2. The summed E-state index contributed by atoms with van der Waals surface area (Å²) in [6.07, 6.45) is -0.678. The summed E-state index contributed by atoms with van der Waals surface area (Å²) in [4.78, 5) is 31.1. The molecule has 2 aliphatic rings. The van der Waals surface area contributed by atoms with Crippen molar-refractivity contribution in [2.24, 2.45) is 16.0 Å². The lowest BCUT2D eigenvalue weighted by Crippen LogP contribution is -2.30. The van der Waals surface area contributed by atoms with E-state index < -0.39 is 68.3 Å². The third-order valence-electron chi connectivity index (χ3n) is 10.4. The van der Waals surface area contributed by atoms with Crippen LogP contribution in [0.15, 0.2) is 83.4 Å². The molecule has 21 nitrogen and oxygen atoms in total. The fourth-order valence-corrected chi connectivity index (χ4v) is 7.61. The van der Waals surface area contributed by atoms with Crippen molar-refractivity contribution < 1.29 is 67.3 Å². The molecule has 6 aromatic rings. The zero-order chi connectivity index (χ0) is 50.7. The summed E-state index contributed by atoms with van der Waals surface area (Å²) in [6, 6.07) is 7.99. The number of hydrogen-bond donors (Lipinski definition) is 3. The maximum absolute atomic E-state index is 13.0. The van der Waals surface area contributed by atoms with E-state index in [4.69, 9.17) is 42.9 Å². The van der Waals surface area contributed by atoms with Gasteiger partial charge in [0.2, 0.25) is 21.8 Å². The Balaban J connectivity index is 0.000000193. The average Bonchev–Trinajstić information content (AvgIpc) is 3.86. The molecule has 0 spiro atoms. The number of nitrogens with two attached hydrogens (primary N) is 1. The predicted octanol–water partition coefficient (Wildman–Crippen LogP) is 5.87. The highest BCUT2D eigenvalue weighted by Gasteiger charge is 2.64. The Morgan fingerprint density at radius 2 is 1.14 bits per heavy atom. The van der Waals surface area contributed by atoms with Crippen molar-refractivity contribution in [3.05, 3.63) is 95.0 Å². The largest absolute Gasteiger partial charge is 0.478 e. The summed E-state index contributed by atoms with van der Waals surface area (Å²) in [6.45, 7) is 3.70. The number of pyridine rings is 2. The molecule has 0 aromatic carbocycles. The lowest BCUT2D eigenvalue weighted by molar-refractivity contribution is -0.195. The fraction of sp³-hybridized carbons (Fsp3) is 0.368. The topological polar surface area (TPSA) is 276 Å². The van der Waals surface area contributed by atoms with Gasteiger partial charge in [0.15, 0.2) is 11.6 Å². The number of hydrogen-bond acceptors (Lipinski definition) is 14. The number of halogens is 8. The van der Waals surface area contributed by atoms with E-state index >= 15 is 0 Å².